The molecule has 22 heavy (non-hydrogen) atoms. The lowest BCUT2D eigenvalue weighted by molar-refractivity contribution is 0.241. The van der Waals surface area contributed by atoms with Crippen molar-refractivity contribution in [3.05, 3.63) is 58.0 Å². The Morgan fingerprint density at radius 1 is 1.23 bits per heavy atom. The van der Waals surface area contributed by atoms with Crippen LogP contribution in [0, 0.1) is 0 Å². The van der Waals surface area contributed by atoms with Crippen LogP contribution in [0.15, 0.2) is 41.0 Å². The van der Waals surface area contributed by atoms with Crippen LogP contribution in [0.1, 0.15) is 11.3 Å². The van der Waals surface area contributed by atoms with Crippen LogP contribution in [0.3, 0.4) is 0 Å². The maximum absolute atomic E-state index is 11.7. The van der Waals surface area contributed by atoms with Crippen LogP contribution in [0.25, 0.3) is 0 Å². The maximum atomic E-state index is 11.7. The Labute approximate surface area is 143 Å². The summed E-state index contributed by atoms with van der Waals surface area (Å²) in [6, 6.07) is 8.78. The molecule has 2 amide bonds. The molecule has 118 valence electrons. The zero-order valence-electron chi connectivity index (χ0n) is 11.8. The number of carbonyl (C=O) groups excluding carboxylic acids is 1. The molecule has 1 aromatic carbocycles. The van der Waals surface area contributed by atoms with E-state index in [2.05, 4.69) is 10.6 Å². The molecule has 0 unspecified atom stereocenters. The molecule has 0 aliphatic heterocycles. The van der Waals surface area contributed by atoms with Gasteiger partial charge in [-0.1, -0.05) is 29.3 Å². The van der Waals surface area contributed by atoms with Gasteiger partial charge in [0.25, 0.3) is 0 Å². The number of hydrogen-bond acceptors (Lipinski definition) is 3. The van der Waals surface area contributed by atoms with Crippen molar-refractivity contribution in [2.45, 2.75) is 12.3 Å². The average molecular weight is 359 g/mol. The number of amides is 2. The highest BCUT2D eigenvalue weighted by atomic mass is 35.5. The molecule has 2 N–H and O–H groups in total. The van der Waals surface area contributed by atoms with E-state index in [9.17, 15) is 4.79 Å². The molecule has 0 saturated heterocycles. The van der Waals surface area contributed by atoms with Crippen molar-refractivity contribution in [2.24, 2.45) is 0 Å². The van der Waals surface area contributed by atoms with Gasteiger partial charge in [0, 0.05) is 28.9 Å². The summed E-state index contributed by atoms with van der Waals surface area (Å²) in [6.45, 7) is 0.951. The Hall–Kier alpha value is -1.30. The summed E-state index contributed by atoms with van der Waals surface area (Å²) in [7, 11) is 0. The lowest BCUT2D eigenvalue weighted by Gasteiger charge is -2.09. The molecule has 0 aliphatic rings. The van der Waals surface area contributed by atoms with Gasteiger partial charge in [-0.2, -0.15) is 11.8 Å². The number of furan rings is 1. The highest BCUT2D eigenvalue weighted by molar-refractivity contribution is 7.98. The van der Waals surface area contributed by atoms with Gasteiger partial charge in [0.2, 0.25) is 0 Å². The number of halogens is 2. The van der Waals surface area contributed by atoms with Gasteiger partial charge in [0.1, 0.15) is 5.76 Å². The molecule has 0 fully saturated rings. The fourth-order valence-corrected chi connectivity index (χ4v) is 2.94. The van der Waals surface area contributed by atoms with E-state index < -0.39 is 0 Å². The monoisotopic (exact) mass is 358 g/mol. The minimum absolute atomic E-state index is 0.218. The fourth-order valence-electron chi connectivity index (χ4n) is 1.71. The van der Waals surface area contributed by atoms with Gasteiger partial charge in [-0.05, 0) is 29.8 Å². The van der Waals surface area contributed by atoms with Crippen molar-refractivity contribution in [3.63, 3.8) is 0 Å². The highest BCUT2D eigenvalue weighted by Crippen LogP contribution is 2.20. The van der Waals surface area contributed by atoms with Crippen LogP contribution in [-0.4, -0.2) is 18.3 Å². The number of urea groups is 1. The molecule has 1 heterocycles. The van der Waals surface area contributed by atoms with Crippen molar-refractivity contribution >= 4 is 41.0 Å². The van der Waals surface area contributed by atoms with Gasteiger partial charge in [-0.15, -0.1) is 0 Å². The van der Waals surface area contributed by atoms with Crippen LogP contribution >= 0.6 is 35.0 Å². The molecule has 0 spiro atoms. The van der Waals surface area contributed by atoms with Gasteiger partial charge in [0.05, 0.1) is 12.0 Å². The van der Waals surface area contributed by atoms with Gasteiger partial charge < -0.3 is 15.1 Å². The number of rotatable bonds is 7. The van der Waals surface area contributed by atoms with Crippen molar-refractivity contribution in [1.82, 2.24) is 10.6 Å². The minimum Gasteiger partial charge on any atom is -0.468 e. The summed E-state index contributed by atoms with van der Waals surface area (Å²) in [4.78, 5) is 11.7. The zero-order chi connectivity index (χ0) is 15.8. The van der Waals surface area contributed by atoms with Gasteiger partial charge in [-0.3, -0.25) is 0 Å². The summed E-state index contributed by atoms with van der Waals surface area (Å²) in [6.07, 6.45) is 1.66. The lowest BCUT2D eigenvalue weighted by atomic mass is 10.2. The molecule has 0 aliphatic carbocycles. The maximum Gasteiger partial charge on any atom is 0.315 e. The normalized spacial score (nSPS) is 10.5. The Bertz CT molecular complexity index is 606. The van der Waals surface area contributed by atoms with Crippen molar-refractivity contribution in [1.29, 1.82) is 0 Å². The Morgan fingerprint density at radius 2 is 2.09 bits per heavy atom. The van der Waals surface area contributed by atoms with Crippen LogP contribution in [-0.2, 0) is 12.3 Å². The first-order valence-corrected chi connectivity index (χ1v) is 8.62. The molecule has 4 nitrogen and oxygen atoms in total. The molecule has 0 atom stereocenters. The van der Waals surface area contributed by atoms with Gasteiger partial charge in [-0.25, -0.2) is 4.79 Å². The average Bonchev–Trinajstić information content (AvgIpc) is 2.99. The standard InChI is InChI=1S/C15H16Cl2N2O2S/c16-12-4-3-11(14(17)8-12)9-19-15(20)18-5-7-22-10-13-2-1-6-21-13/h1-4,6,8H,5,7,9-10H2,(H2,18,19,20). The molecule has 1 aromatic heterocycles. The number of hydrogen-bond donors (Lipinski definition) is 2. The van der Waals surface area contributed by atoms with Crippen molar-refractivity contribution in [3.8, 4) is 0 Å². The van der Waals surface area contributed by atoms with Crippen molar-refractivity contribution in [2.75, 3.05) is 12.3 Å². The van der Waals surface area contributed by atoms with E-state index in [4.69, 9.17) is 27.6 Å². The summed E-state index contributed by atoms with van der Waals surface area (Å²) >= 11 is 13.6. The molecular formula is C15H16Cl2N2O2S. The predicted molar refractivity (Wildman–Crippen MR) is 91.6 cm³/mol. The van der Waals surface area contributed by atoms with E-state index in [1.807, 2.05) is 12.1 Å². The first kappa shape index (κ1) is 17.1. The smallest absolute Gasteiger partial charge is 0.315 e. The quantitative estimate of drug-likeness (QED) is 0.724. The second-order valence-electron chi connectivity index (χ2n) is 4.48. The predicted octanol–water partition coefficient (Wildman–Crippen LogP) is 4.32. The lowest BCUT2D eigenvalue weighted by Crippen LogP contribution is -2.36. The van der Waals surface area contributed by atoms with E-state index in [-0.39, 0.29) is 6.03 Å². The van der Waals surface area contributed by atoms with E-state index in [1.54, 1.807) is 36.2 Å². The molecule has 7 heteroatoms. The molecule has 2 aromatic rings. The van der Waals surface area contributed by atoms with E-state index >= 15 is 0 Å². The third kappa shape index (κ3) is 5.83. The second kappa shape index (κ2) is 8.98. The number of carbonyl (C=O) groups is 1. The summed E-state index contributed by atoms with van der Waals surface area (Å²) in [5.41, 5.74) is 0.827. The van der Waals surface area contributed by atoms with Crippen molar-refractivity contribution < 1.29 is 9.21 Å². The number of nitrogens with one attached hydrogen (secondary N) is 2. The molecular weight excluding hydrogens is 343 g/mol. The Kier molecular flexibility index (Phi) is 6.96. The largest absolute Gasteiger partial charge is 0.468 e. The summed E-state index contributed by atoms with van der Waals surface area (Å²) < 4.78 is 5.23. The Balaban J connectivity index is 1.59. The van der Waals surface area contributed by atoms with E-state index in [0.717, 1.165) is 22.8 Å². The molecule has 2 rings (SSSR count). The van der Waals surface area contributed by atoms with Crippen LogP contribution < -0.4 is 10.6 Å². The SMILES string of the molecule is O=C(NCCSCc1ccco1)NCc1ccc(Cl)cc1Cl. The van der Waals surface area contributed by atoms with Crippen LogP contribution in [0.4, 0.5) is 4.79 Å². The summed E-state index contributed by atoms with van der Waals surface area (Å²) in [5, 5.41) is 6.67. The number of thioether (sulfide) groups is 1. The first-order chi connectivity index (χ1) is 10.6. The number of benzene rings is 1. The second-order valence-corrected chi connectivity index (χ2v) is 6.43. The first-order valence-electron chi connectivity index (χ1n) is 6.71. The Morgan fingerprint density at radius 3 is 2.82 bits per heavy atom. The fraction of sp³-hybridized carbons (Fsp3) is 0.267. The van der Waals surface area contributed by atoms with Gasteiger partial charge in [0.15, 0.2) is 0 Å². The highest BCUT2D eigenvalue weighted by Gasteiger charge is 2.04. The molecule has 0 saturated carbocycles. The van der Waals surface area contributed by atoms with Crippen LogP contribution in [0.5, 0.6) is 0 Å². The zero-order valence-corrected chi connectivity index (χ0v) is 14.1. The third-order valence-electron chi connectivity index (χ3n) is 2.81. The third-order valence-corrected chi connectivity index (χ3v) is 4.38. The summed E-state index contributed by atoms with van der Waals surface area (Å²) in [5.74, 6) is 2.55. The van der Waals surface area contributed by atoms with E-state index in [1.165, 1.54) is 0 Å². The van der Waals surface area contributed by atoms with E-state index in [0.29, 0.717) is 23.1 Å². The van der Waals surface area contributed by atoms with Crippen LogP contribution in [0.2, 0.25) is 10.0 Å². The molecule has 0 radical (unpaired) electrons. The topological polar surface area (TPSA) is 54.3 Å². The van der Waals surface area contributed by atoms with Gasteiger partial charge >= 0.3 is 6.03 Å². The molecule has 0 bridgehead atoms. The minimum atomic E-state index is -0.218.